The first-order chi connectivity index (χ1) is 9.69. The normalized spacial score (nSPS) is 11.4. The van der Waals surface area contributed by atoms with Gasteiger partial charge in [-0.2, -0.15) is 0 Å². The van der Waals surface area contributed by atoms with Gasteiger partial charge in [-0.05, 0) is 30.2 Å². The van der Waals surface area contributed by atoms with E-state index in [1.54, 1.807) is 18.2 Å². The summed E-state index contributed by atoms with van der Waals surface area (Å²) in [5.41, 5.74) is 2.02. The Bertz CT molecular complexity index is 576. The number of amides is 1. The zero-order valence-corrected chi connectivity index (χ0v) is 11.4. The van der Waals surface area contributed by atoms with Crippen LogP contribution >= 0.6 is 0 Å². The fourth-order valence-electron chi connectivity index (χ4n) is 1.81. The Morgan fingerprint density at radius 3 is 2.40 bits per heavy atom. The smallest absolute Gasteiger partial charge is 0.410 e. The third kappa shape index (κ3) is 3.72. The van der Waals surface area contributed by atoms with Crippen LogP contribution in [0, 0.1) is 0 Å². The van der Waals surface area contributed by atoms with Crippen molar-refractivity contribution in [3.8, 4) is 5.75 Å². The molecule has 0 aliphatic heterocycles. The molecule has 0 radical (unpaired) electrons. The number of hydrogen-bond acceptors (Lipinski definition) is 2. The summed E-state index contributed by atoms with van der Waals surface area (Å²) < 4.78 is 5.22. The molecule has 0 saturated heterocycles. The molecule has 2 aromatic rings. The van der Waals surface area contributed by atoms with Gasteiger partial charge in [0.2, 0.25) is 0 Å². The van der Waals surface area contributed by atoms with Gasteiger partial charge in [0, 0.05) is 0 Å². The molecule has 0 heterocycles. The predicted octanol–water partition coefficient (Wildman–Crippen LogP) is 4.18. The first-order valence-corrected chi connectivity index (χ1v) is 6.45. The van der Waals surface area contributed by atoms with Crippen LogP contribution in [0.15, 0.2) is 61.2 Å². The lowest BCUT2D eigenvalue weighted by Crippen LogP contribution is -2.29. The highest BCUT2D eigenvalue weighted by atomic mass is 16.6. The van der Waals surface area contributed by atoms with Gasteiger partial charge in [-0.3, -0.25) is 0 Å². The van der Waals surface area contributed by atoms with Gasteiger partial charge < -0.3 is 10.1 Å². The zero-order valence-electron chi connectivity index (χ0n) is 11.4. The summed E-state index contributed by atoms with van der Waals surface area (Å²) in [6, 6.07) is 16.8. The number of ether oxygens (including phenoxy) is 1. The highest BCUT2D eigenvalue weighted by Crippen LogP contribution is 2.15. The molecular formula is C17H17NO2. The lowest BCUT2D eigenvalue weighted by molar-refractivity contribution is 0.197. The largest absolute Gasteiger partial charge is 0.413 e. The molecule has 1 N–H and O–H groups in total. The fourth-order valence-corrected chi connectivity index (χ4v) is 1.81. The summed E-state index contributed by atoms with van der Waals surface area (Å²) in [6.45, 7) is 5.59. The number of nitrogens with one attached hydrogen (secondary N) is 1. The SMILES string of the molecule is C=Cc1ccc(OC(=O)N[C@H](C)c2ccccc2)cc1. The second kappa shape index (κ2) is 6.57. The van der Waals surface area contributed by atoms with Gasteiger partial charge in [0.05, 0.1) is 6.04 Å². The summed E-state index contributed by atoms with van der Waals surface area (Å²) in [7, 11) is 0. The van der Waals surface area contributed by atoms with E-state index in [0.717, 1.165) is 11.1 Å². The van der Waals surface area contributed by atoms with Gasteiger partial charge in [-0.25, -0.2) is 4.79 Å². The monoisotopic (exact) mass is 267 g/mol. The van der Waals surface area contributed by atoms with Crippen LogP contribution in [-0.2, 0) is 0 Å². The Labute approximate surface area is 118 Å². The maximum Gasteiger partial charge on any atom is 0.413 e. The summed E-state index contributed by atoms with van der Waals surface area (Å²) in [5, 5.41) is 2.79. The van der Waals surface area contributed by atoms with Crippen LogP contribution < -0.4 is 10.1 Å². The van der Waals surface area contributed by atoms with Crippen molar-refractivity contribution in [2.45, 2.75) is 13.0 Å². The first-order valence-electron chi connectivity index (χ1n) is 6.45. The lowest BCUT2D eigenvalue weighted by Gasteiger charge is -2.14. The van der Waals surface area contributed by atoms with E-state index >= 15 is 0 Å². The fraction of sp³-hybridized carbons (Fsp3) is 0.118. The maximum atomic E-state index is 11.8. The second-order valence-corrected chi connectivity index (χ2v) is 4.44. The minimum absolute atomic E-state index is 0.101. The lowest BCUT2D eigenvalue weighted by atomic mass is 10.1. The molecule has 0 aromatic heterocycles. The van der Waals surface area contributed by atoms with E-state index in [1.807, 2.05) is 49.4 Å². The highest BCUT2D eigenvalue weighted by molar-refractivity contribution is 5.71. The number of rotatable bonds is 4. The van der Waals surface area contributed by atoms with Crippen molar-refractivity contribution in [3.05, 3.63) is 72.3 Å². The standard InChI is InChI=1S/C17H17NO2/c1-3-14-9-11-16(12-10-14)20-17(19)18-13(2)15-7-5-4-6-8-15/h3-13H,1H2,2H3,(H,18,19)/t13-/m1/s1. The predicted molar refractivity (Wildman–Crippen MR) is 80.5 cm³/mol. The molecule has 3 nitrogen and oxygen atoms in total. The van der Waals surface area contributed by atoms with Crippen LogP contribution in [0.1, 0.15) is 24.1 Å². The molecule has 1 atom stereocenters. The van der Waals surface area contributed by atoms with Crippen LogP contribution in [0.25, 0.3) is 6.08 Å². The number of hydrogen-bond donors (Lipinski definition) is 1. The molecule has 0 unspecified atom stereocenters. The number of carbonyl (C=O) groups is 1. The van der Waals surface area contributed by atoms with Crippen LogP contribution in [0.5, 0.6) is 5.75 Å². The Kier molecular flexibility index (Phi) is 4.56. The zero-order chi connectivity index (χ0) is 14.4. The Balaban J connectivity index is 1.93. The molecule has 2 aromatic carbocycles. The molecule has 0 fully saturated rings. The highest BCUT2D eigenvalue weighted by Gasteiger charge is 2.10. The molecular weight excluding hydrogens is 250 g/mol. The van der Waals surface area contributed by atoms with Gasteiger partial charge in [0.25, 0.3) is 0 Å². The quantitative estimate of drug-likeness (QED) is 0.902. The average molecular weight is 267 g/mol. The molecule has 0 bridgehead atoms. The number of benzene rings is 2. The van der Waals surface area contributed by atoms with E-state index in [-0.39, 0.29) is 6.04 Å². The second-order valence-electron chi connectivity index (χ2n) is 4.44. The van der Waals surface area contributed by atoms with Crippen molar-refractivity contribution in [1.82, 2.24) is 5.32 Å². The van der Waals surface area contributed by atoms with Crippen molar-refractivity contribution in [3.63, 3.8) is 0 Å². The van der Waals surface area contributed by atoms with E-state index in [1.165, 1.54) is 0 Å². The minimum atomic E-state index is -0.465. The van der Waals surface area contributed by atoms with Gasteiger partial charge in [0.15, 0.2) is 0 Å². The van der Waals surface area contributed by atoms with Gasteiger partial charge in [0.1, 0.15) is 5.75 Å². The third-order valence-corrected chi connectivity index (χ3v) is 2.96. The molecule has 0 aliphatic carbocycles. The molecule has 0 spiro atoms. The van der Waals surface area contributed by atoms with E-state index in [4.69, 9.17) is 4.74 Å². The van der Waals surface area contributed by atoms with Crippen LogP contribution in [-0.4, -0.2) is 6.09 Å². The first kappa shape index (κ1) is 13.9. The van der Waals surface area contributed by atoms with Crippen LogP contribution in [0.4, 0.5) is 4.79 Å². The van der Waals surface area contributed by atoms with Crippen molar-refractivity contribution in [1.29, 1.82) is 0 Å². The van der Waals surface area contributed by atoms with E-state index < -0.39 is 6.09 Å². The summed E-state index contributed by atoms with van der Waals surface area (Å²) in [6.07, 6.45) is 1.27. The van der Waals surface area contributed by atoms with E-state index in [2.05, 4.69) is 11.9 Å². The molecule has 0 saturated carbocycles. The summed E-state index contributed by atoms with van der Waals surface area (Å²) >= 11 is 0. The van der Waals surface area contributed by atoms with Gasteiger partial charge in [-0.15, -0.1) is 0 Å². The Hall–Kier alpha value is -2.55. The molecule has 2 rings (SSSR count). The molecule has 0 aliphatic rings. The Morgan fingerprint density at radius 1 is 1.15 bits per heavy atom. The van der Waals surface area contributed by atoms with Crippen molar-refractivity contribution < 1.29 is 9.53 Å². The average Bonchev–Trinajstić information content (AvgIpc) is 2.49. The molecule has 102 valence electrons. The maximum absolute atomic E-state index is 11.8. The molecule has 3 heteroatoms. The van der Waals surface area contributed by atoms with Crippen molar-refractivity contribution >= 4 is 12.2 Å². The molecule has 20 heavy (non-hydrogen) atoms. The number of carbonyl (C=O) groups excluding carboxylic acids is 1. The van der Waals surface area contributed by atoms with Crippen LogP contribution in [0.3, 0.4) is 0 Å². The summed E-state index contributed by atoms with van der Waals surface area (Å²) in [4.78, 5) is 11.8. The summed E-state index contributed by atoms with van der Waals surface area (Å²) in [5.74, 6) is 0.508. The van der Waals surface area contributed by atoms with E-state index in [0.29, 0.717) is 5.75 Å². The van der Waals surface area contributed by atoms with Crippen LogP contribution in [0.2, 0.25) is 0 Å². The Morgan fingerprint density at radius 2 is 1.80 bits per heavy atom. The topological polar surface area (TPSA) is 38.3 Å². The van der Waals surface area contributed by atoms with Crippen molar-refractivity contribution in [2.75, 3.05) is 0 Å². The third-order valence-electron chi connectivity index (χ3n) is 2.96. The minimum Gasteiger partial charge on any atom is -0.410 e. The molecule has 1 amide bonds. The van der Waals surface area contributed by atoms with Crippen molar-refractivity contribution in [2.24, 2.45) is 0 Å². The van der Waals surface area contributed by atoms with Gasteiger partial charge in [-0.1, -0.05) is 55.1 Å². The van der Waals surface area contributed by atoms with Gasteiger partial charge >= 0.3 is 6.09 Å². The van der Waals surface area contributed by atoms with E-state index in [9.17, 15) is 4.79 Å².